The third kappa shape index (κ3) is 3.30. The van der Waals surface area contributed by atoms with Crippen LogP contribution in [-0.4, -0.2) is 29.4 Å². The molecule has 0 fully saturated rings. The molecule has 1 aromatic heterocycles. The second-order valence-corrected chi connectivity index (χ2v) is 5.83. The standard InChI is InChI=1S/C15H15F3N2OS/c1-4-20(3)14(21)12-9(2)19-13(22-12)10-5-7-11(8-6-10)15(16,17)18/h5-8H,4H2,1-3H3. The zero-order valence-electron chi connectivity index (χ0n) is 12.4. The Kier molecular flexibility index (Phi) is 4.55. The number of carbonyl (C=O) groups is 1. The molecule has 3 nitrogen and oxygen atoms in total. The van der Waals surface area contributed by atoms with Crippen molar-refractivity contribution in [1.29, 1.82) is 0 Å². The third-order valence-corrected chi connectivity index (χ3v) is 4.47. The molecule has 118 valence electrons. The van der Waals surface area contributed by atoms with Crippen molar-refractivity contribution >= 4 is 17.2 Å². The van der Waals surface area contributed by atoms with Crippen LogP contribution in [0.3, 0.4) is 0 Å². The van der Waals surface area contributed by atoms with Gasteiger partial charge in [-0.3, -0.25) is 4.79 Å². The van der Waals surface area contributed by atoms with Gasteiger partial charge in [-0.15, -0.1) is 11.3 Å². The zero-order chi connectivity index (χ0) is 16.5. The molecule has 0 atom stereocenters. The maximum Gasteiger partial charge on any atom is 0.416 e. The minimum Gasteiger partial charge on any atom is -0.341 e. The molecule has 1 aromatic carbocycles. The summed E-state index contributed by atoms with van der Waals surface area (Å²) >= 11 is 1.19. The maximum absolute atomic E-state index is 12.6. The van der Waals surface area contributed by atoms with Gasteiger partial charge in [-0.1, -0.05) is 12.1 Å². The molecule has 2 rings (SSSR count). The van der Waals surface area contributed by atoms with E-state index in [-0.39, 0.29) is 5.91 Å². The first-order valence-electron chi connectivity index (χ1n) is 6.64. The van der Waals surface area contributed by atoms with E-state index in [1.54, 1.807) is 18.9 Å². The number of nitrogens with zero attached hydrogens (tertiary/aromatic N) is 2. The first kappa shape index (κ1) is 16.5. The van der Waals surface area contributed by atoms with Crippen LogP contribution in [0.2, 0.25) is 0 Å². The van der Waals surface area contributed by atoms with E-state index < -0.39 is 11.7 Å². The highest BCUT2D eigenvalue weighted by molar-refractivity contribution is 7.17. The van der Waals surface area contributed by atoms with E-state index >= 15 is 0 Å². The largest absolute Gasteiger partial charge is 0.416 e. The Bertz CT molecular complexity index is 677. The number of aromatic nitrogens is 1. The number of thiazole rings is 1. The van der Waals surface area contributed by atoms with Gasteiger partial charge >= 0.3 is 6.18 Å². The maximum atomic E-state index is 12.6. The number of amides is 1. The topological polar surface area (TPSA) is 33.2 Å². The summed E-state index contributed by atoms with van der Waals surface area (Å²) in [6.07, 6.45) is -4.36. The van der Waals surface area contributed by atoms with Crippen LogP contribution >= 0.6 is 11.3 Å². The van der Waals surface area contributed by atoms with E-state index in [1.807, 2.05) is 6.92 Å². The molecule has 22 heavy (non-hydrogen) atoms. The molecule has 1 heterocycles. The summed E-state index contributed by atoms with van der Waals surface area (Å²) in [5.74, 6) is -0.129. The number of alkyl halides is 3. The van der Waals surface area contributed by atoms with Gasteiger partial charge < -0.3 is 4.90 Å². The molecular formula is C15H15F3N2OS. The van der Waals surface area contributed by atoms with Gasteiger partial charge in [-0.05, 0) is 26.0 Å². The molecule has 0 saturated heterocycles. The summed E-state index contributed by atoms with van der Waals surface area (Å²) in [5, 5.41) is 0.541. The normalized spacial score (nSPS) is 11.5. The van der Waals surface area contributed by atoms with E-state index in [0.717, 1.165) is 12.1 Å². The van der Waals surface area contributed by atoms with E-state index in [2.05, 4.69) is 4.98 Å². The van der Waals surface area contributed by atoms with Gasteiger partial charge in [-0.2, -0.15) is 13.2 Å². The fourth-order valence-electron chi connectivity index (χ4n) is 1.84. The molecule has 0 aliphatic heterocycles. The Morgan fingerprint density at radius 2 is 1.86 bits per heavy atom. The van der Waals surface area contributed by atoms with Gasteiger partial charge in [0.05, 0.1) is 11.3 Å². The van der Waals surface area contributed by atoms with E-state index in [1.165, 1.54) is 23.5 Å². The van der Waals surface area contributed by atoms with Crippen LogP contribution in [-0.2, 0) is 6.18 Å². The van der Waals surface area contributed by atoms with Gasteiger partial charge in [0.2, 0.25) is 0 Å². The Hall–Kier alpha value is -1.89. The summed E-state index contributed by atoms with van der Waals surface area (Å²) in [4.78, 5) is 18.6. The van der Waals surface area contributed by atoms with E-state index in [9.17, 15) is 18.0 Å². The van der Waals surface area contributed by atoms with Crippen molar-refractivity contribution in [2.75, 3.05) is 13.6 Å². The smallest absolute Gasteiger partial charge is 0.341 e. The third-order valence-electron chi connectivity index (χ3n) is 3.27. The number of benzene rings is 1. The molecule has 7 heteroatoms. The Morgan fingerprint density at radius 3 is 2.36 bits per heavy atom. The number of carbonyl (C=O) groups excluding carboxylic acids is 1. The summed E-state index contributed by atoms with van der Waals surface area (Å²) in [5.41, 5.74) is 0.455. The highest BCUT2D eigenvalue weighted by Gasteiger charge is 2.30. The lowest BCUT2D eigenvalue weighted by atomic mass is 10.1. The van der Waals surface area contributed by atoms with Gasteiger partial charge in [0, 0.05) is 19.2 Å². The fraction of sp³-hybridized carbons (Fsp3) is 0.333. The minimum absolute atomic E-state index is 0.129. The predicted octanol–water partition coefficient (Wildman–Crippen LogP) is 4.23. The second kappa shape index (κ2) is 6.08. The van der Waals surface area contributed by atoms with Crippen LogP contribution in [0.4, 0.5) is 13.2 Å². The number of hydrogen-bond acceptors (Lipinski definition) is 3. The zero-order valence-corrected chi connectivity index (χ0v) is 13.2. The van der Waals surface area contributed by atoms with Gasteiger partial charge in [0.1, 0.15) is 9.88 Å². The average Bonchev–Trinajstić information content (AvgIpc) is 2.87. The quantitative estimate of drug-likeness (QED) is 0.845. The second-order valence-electron chi connectivity index (χ2n) is 4.83. The first-order chi connectivity index (χ1) is 10.2. The molecule has 0 aliphatic carbocycles. The minimum atomic E-state index is -4.36. The van der Waals surface area contributed by atoms with Crippen molar-refractivity contribution in [2.45, 2.75) is 20.0 Å². The molecule has 0 bridgehead atoms. The van der Waals surface area contributed by atoms with E-state index in [0.29, 0.717) is 27.7 Å². The monoisotopic (exact) mass is 328 g/mol. The summed E-state index contributed by atoms with van der Waals surface area (Å²) in [6, 6.07) is 4.79. The lowest BCUT2D eigenvalue weighted by Gasteiger charge is -2.12. The van der Waals surface area contributed by atoms with Crippen molar-refractivity contribution in [3.8, 4) is 10.6 Å². The lowest BCUT2D eigenvalue weighted by Crippen LogP contribution is -2.25. The van der Waals surface area contributed by atoms with Crippen molar-refractivity contribution in [2.24, 2.45) is 0 Å². The lowest BCUT2D eigenvalue weighted by molar-refractivity contribution is -0.137. The first-order valence-corrected chi connectivity index (χ1v) is 7.46. The van der Waals surface area contributed by atoms with Gasteiger partial charge in [0.15, 0.2) is 0 Å². The van der Waals surface area contributed by atoms with Crippen LogP contribution in [0.15, 0.2) is 24.3 Å². The number of rotatable bonds is 3. The Labute approximate surface area is 130 Å². The molecule has 0 radical (unpaired) electrons. The van der Waals surface area contributed by atoms with Crippen molar-refractivity contribution in [3.63, 3.8) is 0 Å². The molecule has 0 aliphatic rings. The van der Waals surface area contributed by atoms with Crippen LogP contribution in [0, 0.1) is 6.92 Å². The predicted molar refractivity (Wildman–Crippen MR) is 79.9 cm³/mol. The van der Waals surface area contributed by atoms with Crippen LogP contribution < -0.4 is 0 Å². The SMILES string of the molecule is CCN(C)C(=O)c1sc(-c2ccc(C(F)(F)F)cc2)nc1C. The van der Waals surface area contributed by atoms with E-state index in [4.69, 9.17) is 0 Å². The molecule has 0 saturated carbocycles. The molecule has 0 spiro atoms. The van der Waals surface area contributed by atoms with Crippen molar-refractivity contribution < 1.29 is 18.0 Å². The molecule has 0 unspecified atom stereocenters. The van der Waals surface area contributed by atoms with Crippen molar-refractivity contribution in [3.05, 3.63) is 40.4 Å². The van der Waals surface area contributed by atoms with Gasteiger partial charge in [0.25, 0.3) is 5.91 Å². The van der Waals surface area contributed by atoms with Crippen LogP contribution in [0.1, 0.15) is 27.9 Å². The summed E-state index contributed by atoms with van der Waals surface area (Å²) in [7, 11) is 1.69. The Balaban J connectivity index is 2.33. The number of halogens is 3. The summed E-state index contributed by atoms with van der Waals surface area (Å²) < 4.78 is 37.7. The van der Waals surface area contributed by atoms with Gasteiger partial charge in [-0.25, -0.2) is 4.98 Å². The summed E-state index contributed by atoms with van der Waals surface area (Å²) in [6.45, 7) is 4.16. The number of aryl methyl sites for hydroxylation is 1. The molecule has 0 N–H and O–H groups in total. The van der Waals surface area contributed by atoms with Crippen molar-refractivity contribution in [1.82, 2.24) is 9.88 Å². The highest BCUT2D eigenvalue weighted by Crippen LogP contribution is 2.33. The van der Waals surface area contributed by atoms with Crippen LogP contribution in [0.25, 0.3) is 10.6 Å². The molecule has 2 aromatic rings. The van der Waals surface area contributed by atoms with Crippen LogP contribution in [0.5, 0.6) is 0 Å². The average molecular weight is 328 g/mol. The molecule has 1 amide bonds. The highest BCUT2D eigenvalue weighted by atomic mass is 32.1. The number of hydrogen-bond donors (Lipinski definition) is 0. The fourth-order valence-corrected chi connectivity index (χ4v) is 2.90. The molecular weight excluding hydrogens is 313 g/mol. The Morgan fingerprint density at radius 1 is 1.27 bits per heavy atom.